The summed E-state index contributed by atoms with van der Waals surface area (Å²) < 4.78 is 37.8. The van der Waals surface area contributed by atoms with Crippen LogP contribution in [0.3, 0.4) is 0 Å². The fourth-order valence-electron chi connectivity index (χ4n) is 2.68. The number of hydrogen-bond acceptors (Lipinski definition) is 3. The maximum Gasteiger partial charge on any atom is 0.433 e. The first-order valence-electron chi connectivity index (χ1n) is 6.78. The van der Waals surface area contributed by atoms with Crippen molar-refractivity contribution in [2.45, 2.75) is 44.4 Å². The lowest BCUT2D eigenvalue weighted by atomic mass is 10.2. The van der Waals surface area contributed by atoms with E-state index in [1.165, 1.54) is 12.1 Å². The molecule has 0 aliphatic carbocycles. The molecule has 0 bridgehead atoms. The number of likely N-dealkylation sites (tertiary alicyclic amines) is 1. The number of rotatable bonds is 3. The third-order valence-corrected chi connectivity index (χ3v) is 3.71. The summed E-state index contributed by atoms with van der Waals surface area (Å²) in [6.45, 7) is 1.74. The van der Waals surface area contributed by atoms with E-state index < -0.39 is 11.9 Å². The number of halogens is 3. The highest BCUT2D eigenvalue weighted by molar-refractivity contribution is 5.79. The zero-order valence-corrected chi connectivity index (χ0v) is 11.6. The second-order valence-corrected chi connectivity index (χ2v) is 5.25. The van der Waals surface area contributed by atoms with Crippen molar-refractivity contribution < 1.29 is 23.1 Å². The van der Waals surface area contributed by atoms with Crippen molar-refractivity contribution in [3.8, 4) is 0 Å². The van der Waals surface area contributed by atoms with Gasteiger partial charge in [-0.2, -0.15) is 13.2 Å². The van der Waals surface area contributed by atoms with E-state index in [1.54, 1.807) is 4.90 Å². The number of carbonyl (C=O) groups excluding carboxylic acids is 1. The fourth-order valence-corrected chi connectivity index (χ4v) is 2.68. The molecule has 2 rings (SSSR count). The summed E-state index contributed by atoms with van der Waals surface area (Å²) in [4.78, 5) is 17.3. The molecule has 116 valence electrons. The van der Waals surface area contributed by atoms with Crippen LogP contribution in [-0.2, 0) is 17.4 Å². The van der Waals surface area contributed by atoms with Crippen LogP contribution in [0.1, 0.15) is 31.2 Å². The van der Waals surface area contributed by atoms with E-state index in [0.717, 1.165) is 12.5 Å². The molecule has 0 aromatic carbocycles. The number of hydrogen-bond donors (Lipinski definition) is 1. The van der Waals surface area contributed by atoms with Crippen LogP contribution in [-0.4, -0.2) is 39.6 Å². The Morgan fingerprint density at radius 3 is 2.76 bits per heavy atom. The molecular weight excluding hydrogens is 285 g/mol. The molecule has 0 unspecified atom stereocenters. The molecule has 1 N–H and O–H groups in total. The summed E-state index contributed by atoms with van der Waals surface area (Å²) in [6.07, 6.45) is -3.22. The molecule has 1 fully saturated rings. The minimum atomic E-state index is -4.52. The van der Waals surface area contributed by atoms with Gasteiger partial charge in [-0.25, -0.2) is 4.98 Å². The SMILES string of the molecule is C[C@@H]1CC[C@H](CO)N1C(=O)Cc1cccc(C(F)(F)F)n1. The van der Waals surface area contributed by atoms with E-state index in [2.05, 4.69) is 4.98 Å². The Hall–Kier alpha value is -1.63. The molecule has 1 aliphatic rings. The predicted octanol–water partition coefficient (Wildman–Crippen LogP) is 2.01. The zero-order valence-electron chi connectivity index (χ0n) is 11.6. The van der Waals surface area contributed by atoms with Gasteiger partial charge in [0.1, 0.15) is 5.69 Å². The van der Waals surface area contributed by atoms with Gasteiger partial charge in [0.15, 0.2) is 0 Å². The minimum absolute atomic E-state index is 0.0135. The Bertz CT molecular complexity index is 519. The van der Waals surface area contributed by atoms with Gasteiger partial charge in [0.25, 0.3) is 0 Å². The summed E-state index contributed by atoms with van der Waals surface area (Å²) in [5, 5.41) is 9.26. The maximum absolute atomic E-state index is 12.6. The highest BCUT2D eigenvalue weighted by atomic mass is 19.4. The number of aromatic nitrogens is 1. The fraction of sp³-hybridized carbons (Fsp3) is 0.571. The van der Waals surface area contributed by atoms with E-state index in [0.29, 0.717) is 6.42 Å². The van der Waals surface area contributed by atoms with Crippen molar-refractivity contribution in [1.29, 1.82) is 0 Å². The first kappa shape index (κ1) is 15.8. The van der Waals surface area contributed by atoms with Gasteiger partial charge in [-0.3, -0.25) is 4.79 Å². The average Bonchev–Trinajstić information content (AvgIpc) is 2.79. The lowest BCUT2D eigenvalue weighted by Crippen LogP contribution is -2.42. The third kappa shape index (κ3) is 3.53. The normalized spacial score (nSPS) is 22.6. The van der Waals surface area contributed by atoms with Crippen LogP contribution in [0.25, 0.3) is 0 Å². The van der Waals surface area contributed by atoms with E-state index in [-0.39, 0.29) is 36.7 Å². The largest absolute Gasteiger partial charge is 0.433 e. The van der Waals surface area contributed by atoms with Gasteiger partial charge < -0.3 is 10.0 Å². The van der Waals surface area contributed by atoms with Crippen LogP contribution in [0.4, 0.5) is 13.2 Å². The molecule has 2 heterocycles. The van der Waals surface area contributed by atoms with Gasteiger partial charge in [-0.1, -0.05) is 6.07 Å². The smallest absolute Gasteiger partial charge is 0.394 e. The number of amides is 1. The molecule has 1 aromatic rings. The molecule has 4 nitrogen and oxygen atoms in total. The molecule has 0 spiro atoms. The molecule has 1 aliphatic heterocycles. The van der Waals surface area contributed by atoms with Crippen LogP contribution in [0.15, 0.2) is 18.2 Å². The van der Waals surface area contributed by atoms with Crippen molar-refractivity contribution >= 4 is 5.91 Å². The molecule has 21 heavy (non-hydrogen) atoms. The second kappa shape index (κ2) is 6.01. The Kier molecular flexibility index (Phi) is 4.51. The molecule has 2 atom stereocenters. The summed E-state index contributed by atoms with van der Waals surface area (Å²) >= 11 is 0. The molecule has 1 amide bonds. The number of aliphatic hydroxyl groups is 1. The molecule has 7 heteroatoms. The van der Waals surface area contributed by atoms with Crippen molar-refractivity contribution in [2.75, 3.05) is 6.61 Å². The van der Waals surface area contributed by atoms with Crippen LogP contribution in [0.2, 0.25) is 0 Å². The highest BCUT2D eigenvalue weighted by Gasteiger charge is 2.35. The highest BCUT2D eigenvalue weighted by Crippen LogP contribution is 2.28. The quantitative estimate of drug-likeness (QED) is 0.929. The maximum atomic E-state index is 12.6. The topological polar surface area (TPSA) is 53.4 Å². The molecule has 1 aromatic heterocycles. The van der Waals surface area contributed by atoms with E-state index >= 15 is 0 Å². The first-order valence-corrected chi connectivity index (χ1v) is 6.78. The Morgan fingerprint density at radius 2 is 2.14 bits per heavy atom. The molecule has 1 saturated heterocycles. The molecular formula is C14H17F3N2O2. The predicted molar refractivity (Wildman–Crippen MR) is 69.4 cm³/mol. The van der Waals surface area contributed by atoms with E-state index in [4.69, 9.17) is 0 Å². The summed E-state index contributed by atoms with van der Waals surface area (Å²) in [5.41, 5.74) is -0.911. The summed E-state index contributed by atoms with van der Waals surface area (Å²) in [7, 11) is 0. The number of aliphatic hydroxyl groups excluding tert-OH is 1. The molecule has 0 saturated carbocycles. The number of alkyl halides is 3. The van der Waals surface area contributed by atoms with Crippen molar-refractivity contribution in [1.82, 2.24) is 9.88 Å². The number of carbonyl (C=O) groups is 1. The van der Waals surface area contributed by atoms with Crippen molar-refractivity contribution in [2.24, 2.45) is 0 Å². The van der Waals surface area contributed by atoms with Gasteiger partial charge in [-0.05, 0) is 31.9 Å². The minimum Gasteiger partial charge on any atom is -0.394 e. The lowest BCUT2D eigenvalue weighted by Gasteiger charge is -2.27. The van der Waals surface area contributed by atoms with E-state index in [1.807, 2.05) is 6.92 Å². The van der Waals surface area contributed by atoms with Crippen molar-refractivity contribution in [3.05, 3.63) is 29.6 Å². The van der Waals surface area contributed by atoms with Gasteiger partial charge in [0.05, 0.1) is 24.8 Å². The summed E-state index contributed by atoms with van der Waals surface area (Å²) in [6, 6.07) is 3.26. The van der Waals surface area contributed by atoms with Gasteiger partial charge in [-0.15, -0.1) is 0 Å². The Labute approximate surface area is 120 Å². The summed E-state index contributed by atoms with van der Waals surface area (Å²) in [5.74, 6) is -0.300. The number of pyridine rings is 1. The van der Waals surface area contributed by atoms with Gasteiger partial charge >= 0.3 is 6.18 Å². The average molecular weight is 302 g/mol. The van der Waals surface area contributed by atoms with Crippen LogP contribution < -0.4 is 0 Å². The number of nitrogens with zero attached hydrogens (tertiary/aromatic N) is 2. The van der Waals surface area contributed by atoms with Gasteiger partial charge in [0.2, 0.25) is 5.91 Å². The van der Waals surface area contributed by atoms with Crippen molar-refractivity contribution in [3.63, 3.8) is 0 Å². The van der Waals surface area contributed by atoms with Crippen LogP contribution >= 0.6 is 0 Å². The van der Waals surface area contributed by atoms with Crippen LogP contribution in [0, 0.1) is 0 Å². The second-order valence-electron chi connectivity index (χ2n) is 5.25. The monoisotopic (exact) mass is 302 g/mol. The lowest BCUT2D eigenvalue weighted by molar-refractivity contribution is -0.141. The Morgan fingerprint density at radius 1 is 1.43 bits per heavy atom. The third-order valence-electron chi connectivity index (χ3n) is 3.71. The van der Waals surface area contributed by atoms with Crippen LogP contribution in [0.5, 0.6) is 0 Å². The standard InChI is InChI=1S/C14H17F3N2O2/c1-9-5-6-11(8-20)19(9)13(21)7-10-3-2-4-12(18-10)14(15,16)17/h2-4,9,11,20H,5-8H2,1H3/t9-,11-/m1/s1. The zero-order chi connectivity index (χ0) is 15.6. The van der Waals surface area contributed by atoms with E-state index in [9.17, 15) is 23.1 Å². The first-order chi connectivity index (χ1) is 9.82. The Balaban J connectivity index is 2.13. The molecule has 0 radical (unpaired) electrons. The van der Waals surface area contributed by atoms with Gasteiger partial charge in [0, 0.05) is 6.04 Å².